The second kappa shape index (κ2) is 5.93. The van der Waals surface area contributed by atoms with E-state index < -0.39 is 0 Å². The van der Waals surface area contributed by atoms with E-state index >= 15 is 0 Å². The maximum Gasteiger partial charge on any atom is 0.321 e. The van der Waals surface area contributed by atoms with Crippen LogP contribution in [0.5, 0.6) is 0 Å². The number of hydrogen-bond donors (Lipinski definition) is 1. The van der Waals surface area contributed by atoms with Crippen molar-refractivity contribution in [1.29, 1.82) is 0 Å². The average Bonchev–Trinajstić information content (AvgIpc) is 2.34. The molecule has 2 rings (SSSR count). The largest absolute Gasteiger partial charge is 0.325 e. The summed E-state index contributed by atoms with van der Waals surface area (Å²) in [6.45, 7) is 3.90. The van der Waals surface area contributed by atoms with Gasteiger partial charge in [0.05, 0.1) is 5.02 Å². The SMILES string of the molecule is CC1CCN(C(=O)Nc2ccc(Cl)c(Br)c2)CC1. The Balaban J connectivity index is 1.96. The molecule has 0 radical (unpaired) electrons. The zero-order valence-corrected chi connectivity index (χ0v) is 12.6. The molecule has 0 unspecified atom stereocenters. The van der Waals surface area contributed by atoms with Crippen molar-refractivity contribution in [2.75, 3.05) is 18.4 Å². The highest BCUT2D eigenvalue weighted by Gasteiger charge is 2.20. The molecule has 1 N–H and O–H groups in total. The third-order valence-corrected chi connectivity index (χ3v) is 4.46. The molecule has 1 aromatic rings. The predicted octanol–water partition coefficient (Wildman–Crippen LogP) is 4.37. The van der Waals surface area contributed by atoms with Gasteiger partial charge in [-0.3, -0.25) is 0 Å². The Bertz CT molecular complexity index is 445. The summed E-state index contributed by atoms with van der Waals surface area (Å²) >= 11 is 9.25. The number of nitrogens with one attached hydrogen (secondary N) is 1. The molecule has 1 fully saturated rings. The van der Waals surface area contributed by atoms with E-state index in [1.54, 1.807) is 12.1 Å². The van der Waals surface area contributed by atoms with Gasteiger partial charge in [-0.2, -0.15) is 0 Å². The fourth-order valence-electron chi connectivity index (χ4n) is 1.99. The topological polar surface area (TPSA) is 32.3 Å². The first-order chi connectivity index (χ1) is 8.56. The van der Waals surface area contributed by atoms with Crippen molar-refractivity contribution >= 4 is 39.2 Å². The first-order valence-corrected chi connectivity index (χ1v) is 7.24. The maximum absolute atomic E-state index is 12.0. The Morgan fingerprint density at radius 3 is 2.72 bits per heavy atom. The van der Waals surface area contributed by atoms with Crippen LogP contribution in [0.4, 0.5) is 10.5 Å². The molecule has 0 saturated carbocycles. The van der Waals surface area contributed by atoms with Crippen LogP contribution in [-0.2, 0) is 0 Å². The summed E-state index contributed by atoms with van der Waals surface area (Å²) in [4.78, 5) is 13.9. The number of rotatable bonds is 1. The Kier molecular flexibility index (Phi) is 4.51. The Morgan fingerprint density at radius 1 is 1.44 bits per heavy atom. The lowest BCUT2D eigenvalue weighted by Gasteiger charge is -2.30. The number of piperidine rings is 1. The standard InChI is InChI=1S/C13H16BrClN2O/c1-9-4-6-17(7-5-9)13(18)16-10-2-3-12(15)11(14)8-10/h2-3,8-9H,4-7H2,1H3,(H,16,18). The lowest BCUT2D eigenvalue weighted by Crippen LogP contribution is -2.40. The van der Waals surface area contributed by atoms with Crippen LogP contribution >= 0.6 is 27.5 Å². The van der Waals surface area contributed by atoms with E-state index in [0.29, 0.717) is 5.02 Å². The zero-order chi connectivity index (χ0) is 13.1. The quantitative estimate of drug-likeness (QED) is 0.814. The van der Waals surface area contributed by atoms with Gasteiger partial charge in [0.1, 0.15) is 0 Å². The molecule has 1 saturated heterocycles. The van der Waals surface area contributed by atoms with Gasteiger partial charge in [0.25, 0.3) is 0 Å². The number of halogens is 2. The number of benzene rings is 1. The van der Waals surface area contributed by atoms with E-state index in [1.165, 1.54) is 0 Å². The van der Waals surface area contributed by atoms with Gasteiger partial charge in [0, 0.05) is 23.2 Å². The monoisotopic (exact) mass is 330 g/mol. The van der Waals surface area contributed by atoms with Crippen LogP contribution in [0.3, 0.4) is 0 Å². The molecule has 2 amide bonds. The minimum Gasteiger partial charge on any atom is -0.325 e. The van der Waals surface area contributed by atoms with Gasteiger partial charge < -0.3 is 10.2 Å². The molecule has 0 aromatic heterocycles. The van der Waals surface area contributed by atoms with Crippen LogP contribution in [0.1, 0.15) is 19.8 Å². The molecule has 0 atom stereocenters. The maximum atomic E-state index is 12.0. The second-order valence-corrected chi connectivity index (χ2v) is 5.99. The normalized spacial score (nSPS) is 16.7. The van der Waals surface area contributed by atoms with Crippen molar-refractivity contribution in [1.82, 2.24) is 4.90 Å². The molecular formula is C13H16BrClN2O. The number of hydrogen-bond acceptors (Lipinski definition) is 1. The number of carbonyl (C=O) groups excluding carboxylic acids is 1. The summed E-state index contributed by atoms with van der Waals surface area (Å²) in [6, 6.07) is 5.35. The molecule has 98 valence electrons. The van der Waals surface area contributed by atoms with E-state index in [4.69, 9.17) is 11.6 Å². The number of likely N-dealkylation sites (tertiary alicyclic amines) is 1. The molecule has 1 heterocycles. The first-order valence-electron chi connectivity index (χ1n) is 6.07. The molecule has 0 spiro atoms. The molecule has 1 aromatic carbocycles. The summed E-state index contributed by atoms with van der Waals surface area (Å²) in [5, 5.41) is 3.53. The van der Waals surface area contributed by atoms with E-state index in [2.05, 4.69) is 28.2 Å². The van der Waals surface area contributed by atoms with Crippen molar-refractivity contribution < 1.29 is 4.79 Å². The molecular weight excluding hydrogens is 316 g/mol. The van der Waals surface area contributed by atoms with Crippen molar-refractivity contribution in [2.24, 2.45) is 5.92 Å². The van der Waals surface area contributed by atoms with Crippen molar-refractivity contribution in [2.45, 2.75) is 19.8 Å². The van der Waals surface area contributed by atoms with Gasteiger partial charge in [0.15, 0.2) is 0 Å². The summed E-state index contributed by atoms with van der Waals surface area (Å²) in [6.07, 6.45) is 2.16. The predicted molar refractivity (Wildman–Crippen MR) is 78.1 cm³/mol. The smallest absolute Gasteiger partial charge is 0.321 e. The number of carbonyl (C=O) groups is 1. The first kappa shape index (κ1) is 13.7. The van der Waals surface area contributed by atoms with Gasteiger partial charge in [-0.05, 0) is 52.9 Å². The summed E-state index contributed by atoms with van der Waals surface area (Å²) in [5.74, 6) is 0.721. The fraction of sp³-hybridized carbons (Fsp3) is 0.462. The molecule has 3 nitrogen and oxygen atoms in total. The molecule has 5 heteroatoms. The van der Waals surface area contributed by atoms with Crippen molar-refractivity contribution in [3.63, 3.8) is 0 Å². The number of nitrogens with zero attached hydrogens (tertiary/aromatic N) is 1. The van der Waals surface area contributed by atoms with Crippen LogP contribution in [0, 0.1) is 5.92 Å². The molecule has 1 aliphatic rings. The van der Waals surface area contributed by atoms with Gasteiger partial charge >= 0.3 is 6.03 Å². The van der Waals surface area contributed by atoms with Crippen molar-refractivity contribution in [3.8, 4) is 0 Å². The molecule has 1 aliphatic heterocycles. The van der Waals surface area contributed by atoms with E-state index in [-0.39, 0.29) is 6.03 Å². The molecule has 0 aliphatic carbocycles. The number of anilines is 1. The minimum atomic E-state index is -0.0314. The van der Waals surface area contributed by atoms with E-state index in [1.807, 2.05) is 11.0 Å². The van der Waals surface area contributed by atoms with Gasteiger partial charge in [-0.1, -0.05) is 18.5 Å². The highest BCUT2D eigenvalue weighted by Crippen LogP contribution is 2.26. The third-order valence-electron chi connectivity index (χ3n) is 3.24. The molecule has 0 bridgehead atoms. The van der Waals surface area contributed by atoms with Crippen LogP contribution in [0.25, 0.3) is 0 Å². The summed E-state index contributed by atoms with van der Waals surface area (Å²) < 4.78 is 0.786. The average molecular weight is 332 g/mol. The van der Waals surface area contributed by atoms with Gasteiger partial charge in [-0.15, -0.1) is 0 Å². The van der Waals surface area contributed by atoms with Gasteiger partial charge in [-0.25, -0.2) is 4.79 Å². The second-order valence-electron chi connectivity index (χ2n) is 4.73. The van der Waals surface area contributed by atoms with Crippen LogP contribution in [-0.4, -0.2) is 24.0 Å². The van der Waals surface area contributed by atoms with Crippen LogP contribution < -0.4 is 5.32 Å². The van der Waals surface area contributed by atoms with Crippen LogP contribution in [0.2, 0.25) is 5.02 Å². The van der Waals surface area contributed by atoms with E-state index in [0.717, 1.165) is 42.0 Å². The highest BCUT2D eigenvalue weighted by molar-refractivity contribution is 9.10. The number of amides is 2. The highest BCUT2D eigenvalue weighted by atomic mass is 79.9. The lowest BCUT2D eigenvalue weighted by atomic mass is 10.00. The Hall–Kier alpha value is -0.740. The third kappa shape index (κ3) is 3.39. The Labute approximate surface area is 121 Å². The molecule has 18 heavy (non-hydrogen) atoms. The van der Waals surface area contributed by atoms with Gasteiger partial charge in [0.2, 0.25) is 0 Å². The van der Waals surface area contributed by atoms with Crippen LogP contribution in [0.15, 0.2) is 22.7 Å². The lowest BCUT2D eigenvalue weighted by molar-refractivity contribution is 0.186. The Morgan fingerprint density at radius 2 is 2.11 bits per heavy atom. The minimum absolute atomic E-state index is 0.0314. The fourth-order valence-corrected chi connectivity index (χ4v) is 2.48. The number of urea groups is 1. The summed E-state index contributed by atoms with van der Waals surface area (Å²) in [7, 11) is 0. The van der Waals surface area contributed by atoms with E-state index in [9.17, 15) is 4.79 Å². The van der Waals surface area contributed by atoms with Crippen molar-refractivity contribution in [3.05, 3.63) is 27.7 Å². The zero-order valence-electron chi connectivity index (χ0n) is 10.2. The summed E-state index contributed by atoms with van der Waals surface area (Å²) in [5.41, 5.74) is 0.759.